The minimum absolute atomic E-state index is 0.0596. The Morgan fingerprint density at radius 3 is 2.53 bits per heavy atom. The molecule has 10 nitrogen and oxygen atoms in total. The van der Waals surface area contributed by atoms with Gasteiger partial charge in [0.15, 0.2) is 11.5 Å². The highest BCUT2D eigenvalue weighted by Crippen LogP contribution is 2.51. The molecule has 34 heavy (non-hydrogen) atoms. The SMILES string of the molecule is COc1c2c(c(S(=O)(=O)N3CCN(C(=O)c4cncc(Br)c4)CC3)c3c1OCO3)CCN(C)C2. The number of sulfonamides is 1. The fraction of sp³-hybridized carbons (Fsp3) is 0.455. The first-order valence-electron chi connectivity index (χ1n) is 10.9. The maximum absolute atomic E-state index is 13.9. The van der Waals surface area contributed by atoms with Crippen molar-refractivity contribution in [2.24, 2.45) is 0 Å². The number of hydrogen-bond acceptors (Lipinski definition) is 8. The number of piperazine rings is 1. The summed E-state index contributed by atoms with van der Waals surface area (Å²) in [6.45, 7) is 2.16. The normalized spacial score (nSPS) is 18.6. The third-order valence-corrected chi connectivity index (χ3v) is 8.82. The molecule has 2 aromatic rings. The van der Waals surface area contributed by atoms with Crippen LogP contribution in [0.15, 0.2) is 27.8 Å². The molecule has 0 radical (unpaired) electrons. The van der Waals surface area contributed by atoms with Gasteiger partial charge in [-0.25, -0.2) is 8.42 Å². The fourth-order valence-corrected chi connectivity index (χ4v) is 6.90. The fourth-order valence-electron chi connectivity index (χ4n) is 4.71. The summed E-state index contributed by atoms with van der Waals surface area (Å²) < 4.78 is 46.9. The van der Waals surface area contributed by atoms with E-state index in [4.69, 9.17) is 14.2 Å². The lowest BCUT2D eigenvalue weighted by Gasteiger charge is -2.35. The van der Waals surface area contributed by atoms with Gasteiger partial charge < -0.3 is 24.0 Å². The van der Waals surface area contributed by atoms with Crippen molar-refractivity contribution in [3.05, 3.63) is 39.6 Å². The molecule has 0 N–H and O–H groups in total. The standard InChI is InChI=1S/C22H25BrN4O6S/c1-25-4-3-16-17(12-25)18(31-2)19-20(33-13-32-19)21(16)34(29,30)27-7-5-26(6-8-27)22(28)14-9-15(23)11-24-10-14/h9-11H,3-8,12-13H2,1-2H3. The highest BCUT2D eigenvalue weighted by Gasteiger charge is 2.41. The molecule has 0 bridgehead atoms. The van der Waals surface area contributed by atoms with Crippen LogP contribution in [0.5, 0.6) is 17.2 Å². The van der Waals surface area contributed by atoms with Gasteiger partial charge in [-0.15, -0.1) is 0 Å². The minimum atomic E-state index is -3.90. The van der Waals surface area contributed by atoms with E-state index in [0.717, 1.165) is 17.7 Å². The molecule has 182 valence electrons. The van der Waals surface area contributed by atoms with Gasteiger partial charge in [-0.05, 0) is 41.0 Å². The summed E-state index contributed by atoms with van der Waals surface area (Å²) in [6, 6.07) is 1.71. The third kappa shape index (κ3) is 3.92. The number of ether oxygens (including phenoxy) is 3. The molecule has 3 aliphatic rings. The van der Waals surface area contributed by atoms with E-state index in [2.05, 4.69) is 25.8 Å². The first kappa shape index (κ1) is 23.3. The van der Waals surface area contributed by atoms with E-state index in [0.29, 0.717) is 34.5 Å². The largest absolute Gasteiger partial charge is 0.492 e. The summed E-state index contributed by atoms with van der Waals surface area (Å²) in [5, 5.41) is 0. The topological polar surface area (TPSA) is 102 Å². The number of nitrogens with zero attached hydrogens (tertiary/aromatic N) is 4. The molecular weight excluding hydrogens is 528 g/mol. The summed E-state index contributed by atoms with van der Waals surface area (Å²) in [7, 11) is -0.358. The zero-order valence-electron chi connectivity index (χ0n) is 18.9. The molecule has 1 aromatic carbocycles. The molecule has 0 saturated carbocycles. The van der Waals surface area contributed by atoms with Gasteiger partial charge in [0.2, 0.25) is 22.6 Å². The maximum Gasteiger partial charge on any atom is 0.255 e. The van der Waals surface area contributed by atoms with Gasteiger partial charge >= 0.3 is 0 Å². The van der Waals surface area contributed by atoms with E-state index in [1.807, 2.05) is 7.05 Å². The Bertz CT molecular complexity index is 1250. The van der Waals surface area contributed by atoms with Crippen LogP contribution in [0.4, 0.5) is 0 Å². The second-order valence-electron chi connectivity index (χ2n) is 8.46. The van der Waals surface area contributed by atoms with Crippen molar-refractivity contribution in [2.45, 2.75) is 17.9 Å². The van der Waals surface area contributed by atoms with Crippen molar-refractivity contribution in [3.63, 3.8) is 0 Å². The molecular formula is C22H25BrN4O6S. The van der Waals surface area contributed by atoms with Crippen molar-refractivity contribution in [2.75, 3.05) is 53.7 Å². The van der Waals surface area contributed by atoms with E-state index < -0.39 is 10.0 Å². The number of methoxy groups -OCH3 is 1. The molecule has 1 saturated heterocycles. The molecule has 0 aliphatic carbocycles. The van der Waals surface area contributed by atoms with Gasteiger partial charge in [0.1, 0.15) is 4.90 Å². The molecule has 1 amide bonds. The van der Waals surface area contributed by atoms with Crippen LogP contribution in [-0.4, -0.2) is 87.1 Å². The third-order valence-electron chi connectivity index (χ3n) is 6.39. The summed E-state index contributed by atoms with van der Waals surface area (Å²) in [6.07, 6.45) is 3.68. The number of aromatic nitrogens is 1. The lowest BCUT2D eigenvalue weighted by molar-refractivity contribution is 0.0697. The highest BCUT2D eigenvalue weighted by molar-refractivity contribution is 9.10. The van der Waals surface area contributed by atoms with Crippen LogP contribution in [0.1, 0.15) is 21.5 Å². The van der Waals surface area contributed by atoms with E-state index in [9.17, 15) is 13.2 Å². The number of pyridine rings is 1. The highest BCUT2D eigenvalue weighted by atomic mass is 79.9. The predicted octanol–water partition coefficient (Wildman–Crippen LogP) is 1.72. The van der Waals surface area contributed by atoms with Crippen LogP contribution in [0, 0.1) is 0 Å². The van der Waals surface area contributed by atoms with Crippen molar-refractivity contribution >= 4 is 31.9 Å². The molecule has 3 aliphatic heterocycles. The lowest BCUT2D eigenvalue weighted by Crippen LogP contribution is -2.50. The Balaban J connectivity index is 1.45. The first-order chi connectivity index (χ1) is 16.3. The van der Waals surface area contributed by atoms with Crippen LogP contribution < -0.4 is 14.2 Å². The van der Waals surface area contributed by atoms with Crippen LogP contribution in [0.2, 0.25) is 0 Å². The van der Waals surface area contributed by atoms with Crippen LogP contribution in [0.3, 0.4) is 0 Å². The van der Waals surface area contributed by atoms with Gasteiger partial charge in [0.05, 0.1) is 12.7 Å². The van der Waals surface area contributed by atoms with Gasteiger partial charge in [-0.1, -0.05) is 0 Å². The van der Waals surface area contributed by atoms with Crippen molar-refractivity contribution < 1.29 is 27.4 Å². The van der Waals surface area contributed by atoms with Gasteiger partial charge in [0.25, 0.3) is 5.91 Å². The summed E-state index contributed by atoms with van der Waals surface area (Å²) in [5.74, 6) is 0.921. The average molecular weight is 553 g/mol. The molecule has 0 spiro atoms. The Labute approximate surface area is 206 Å². The van der Waals surface area contributed by atoms with E-state index >= 15 is 0 Å². The number of carbonyl (C=O) groups excluding carboxylic acids is 1. The summed E-state index contributed by atoms with van der Waals surface area (Å²) in [4.78, 5) is 20.8. The van der Waals surface area contributed by atoms with Crippen LogP contribution in [0.25, 0.3) is 0 Å². The Morgan fingerprint density at radius 2 is 1.82 bits per heavy atom. The number of rotatable bonds is 4. The minimum Gasteiger partial charge on any atom is -0.492 e. The number of fused-ring (bicyclic) bond motifs is 2. The van der Waals surface area contributed by atoms with Crippen molar-refractivity contribution in [1.29, 1.82) is 0 Å². The van der Waals surface area contributed by atoms with Crippen LogP contribution in [-0.2, 0) is 23.0 Å². The number of amides is 1. The maximum atomic E-state index is 13.9. The second-order valence-corrected chi connectivity index (χ2v) is 11.3. The van der Waals surface area contributed by atoms with Crippen molar-refractivity contribution in [1.82, 2.24) is 19.1 Å². The Morgan fingerprint density at radius 1 is 1.09 bits per heavy atom. The Hall–Kier alpha value is -2.41. The van der Waals surface area contributed by atoms with E-state index in [1.54, 1.807) is 24.3 Å². The predicted molar refractivity (Wildman–Crippen MR) is 126 cm³/mol. The number of hydrogen-bond donors (Lipinski definition) is 0. The summed E-state index contributed by atoms with van der Waals surface area (Å²) in [5.41, 5.74) is 2.00. The van der Waals surface area contributed by atoms with Gasteiger partial charge in [-0.2, -0.15) is 4.31 Å². The van der Waals surface area contributed by atoms with E-state index in [-0.39, 0.29) is 49.5 Å². The molecule has 0 unspecified atom stereocenters. The molecule has 0 atom stereocenters. The summed E-state index contributed by atoms with van der Waals surface area (Å²) >= 11 is 3.33. The molecule has 1 fully saturated rings. The number of likely N-dealkylation sites (N-methyl/N-ethyl adjacent to an activating group) is 1. The number of halogens is 1. The lowest BCUT2D eigenvalue weighted by atomic mass is 9.97. The van der Waals surface area contributed by atoms with E-state index in [1.165, 1.54) is 10.5 Å². The van der Waals surface area contributed by atoms with Gasteiger partial charge in [-0.3, -0.25) is 9.78 Å². The zero-order chi connectivity index (χ0) is 24.0. The molecule has 4 heterocycles. The zero-order valence-corrected chi connectivity index (χ0v) is 21.3. The monoisotopic (exact) mass is 552 g/mol. The second kappa shape index (κ2) is 8.99. The average Bonchev–Trinajstić information content (AvgIpc) is 3.31. The number of benzene rings is 1. The van der Waals surface area contributed by atoms with Gasteiger partial charge in [0, 0.05) is 61.7 Å². The number of carbonyl (C=O) groups is 1. The smallest absolute Gasteiger partial charge is 0.255 e. The quantitative estimate of drug-likeness (QED) is 0.565. The molecule has 12 heteroatoms. The van der Waals surface area contributed by atoms with Crippen LogP contribution >= 0.6 is 15.9 Å². The molecule has 5 rings (SSSR count). The Kier molecular flexibility index (Phi) is 6.17. The first-order valence-corrected chi connectivity index (χ1v) is 13.1. The molecule has 1 aromatic heterocycles. The van der Waals surface area contributed by atoms with Crippen molar-refractivity contribution in [3.8, 4) is 17.2 Å².